The van der Waals surface area contributed by atoms with Crippen LogP contribution < -0.4 is 5.32 Å². The maximum atomic E-state index is 4.97. The highest BCUT2D eigenvalue weighted by Gasteiger charge is 2.09. The lowest BCUT2D eigenvalue weighted by molar-refractivity contribution is 0.193. The van der Waals surface area contributed by atoms with Gasteiger partial charge in [0.1, 0.15) is 0 Å². The van der Waals surface area contributed by atoms with Crippen LogP contribution in [0.15, 0.2) is 0 Å². The van der Waals surface area contributed by atoms with E-state index in [0.29, 0.717) is 6.04 Å². The fourth-order valence-corrected chi connectivity index (χ4v) is 1.64. The third-order valence-corrected chi connectivity index (χ3v) is 2.69. The van der Waals surface area contributed by atoms with Crippen LogP contribution in [0.4, 0.5) is 0 Å². The van der Waals surface area contributed by atoms with E-state index in [1.165, 1.54) is 6.42 Å². The molecule has 0 aliphatic heterocycles. The Balaban J connectivity index is 3.42. The first kappa shape index (κ1) is 14.9. The second kappa shape index (κ2) is 9.13. The lowest BCUT2D eigenvalue weighted by Gasteiger charge is -2.26. The van der Waals surface area contributed by atoms with E-state index in [4.69, 9.17) is 4.74 Å². The second-order valence-corrected chi connectivity index (χ2v) is 4.70. The number of hydrogen-bond donors (Lipinski definition) is 1. The van der Waals surface area contributed by atoms with Gasteiger partial charge in [0.15, 0.2) is 0 Å². The molecule has 0 heterocycles. The molecule has 1 N–H and O–H groups in total. The van der Waals surface area contributed by atoms with E-state index < -0.39 is 0 Å². The molecule has 0 aliphatic carbocycles. The summed E-state index contributed by atoms with van der Waals surface area (Å²) >= 11 is 0. The maximum absolute atomic E-state index is 4.97. The van der Waals surface area contributed by atoms with Crippen molar-refractivity contribution in [3.63, 3.8) is 0 Å². The highest BCUT2D eigenvalue weighted by atomic mass is 16.5. The average Bonchev–Trinajstić information content (AvgIpc) is 2.16. The van der Waals surface area contributed by atoms with Gasteiger partial charge in [-0.3, -0.25) is 0 Å². The molecule has 0 aromatic heterocycles. The molecule has 92 valence electrons. The number of likely N-dealkylation sites (N-methyl/N-ethyl adjacent to an activating group) is 1. The van der Waals surface area contributed by atoms with Crippen LogP contribution in [0, 0.1) is 5.92 Å². The van der Waals surface area contributed by atoms with E-state index in [9.17, 15) is 0 Å². The van der Waals surface area contributed by atoms with Crippen molar-refractivity contribution in [2.24, 2.45) is 5.92 Å². The van der Waals surface area contributed by atoms with Crippen LogP contribution >= 0.6 is 0 Å². The lowest BCUT2D eigenvalue weighted by atomic mass is 10.0. The Kier molecular flexibility index (Phi) is 9.06. The molecule has 0 amide bonds. The maximum Gasteiger partial charge on any atom is 0.0587 e. The average molecular weight is 216 g/mol. The van der Waals surface area contributed by atoms with Crippen molar-refractivity contribution < 1.29 is 4.74 Å². The number of hydrogen-bond acceptors (Lipinski definition) is 3. The zero-order valence-corrected chi connectivity index (χ0v) is 11.0. The molecule has 3 nitrogen and oxygen atoms in total. The van der Waals surface area contributed by atoms with Crippen molar-refractivity contribution in [3.8, 4) is 0 Å². The van der Waals surface area contributed by atoms with E-state index in [1.807, 2.05) is 0 Å². The van der Waals surface area contributed by atoms with Gasteiger partial charge in [0.25, 0.3) is 0 Å². The molecule has 3 heteroatoms. The summed E-state index contributed by atoms with van der Waals surface area (Å²) in [7, 11) is 3.93. The van der Waals surface area contributed by atoms with Crippen LogP contribution in [0.1, 0.15) is 27.2 Å². The van der Waals surface area contributed by atoms with Crippen LogP contribution in [-0.4, -0.2) is 51.3 Å². The predicted octanol–water partition coefficient (Wildman–Crippen LogP) is 1.59. The highest BCUT2D eigenvalue weighted by molar-refractivity contribution is 4.66. The van der Waals surface area contributed by atoms with Crippen LogP contribution in [0.5, 0.6) is 0 Å². The largest absolute Gasteiger partial charge is 0.383 e. The first-order valence-electron chi connectivity index (χ1n) is 5.97. The number of rotatable bonds is 9. The van der Waals surface area contributed by atoms with Gasteiger partial charge in [0.05, 0.1) is 6.61 Å². The summed E-state index contributed by atoms with van der Waals surface area (Å²) in [6.07, 6.45) is 1.27. The van der Waals surface area contributed by atoms with Gasteiger partial charge in [-0.05, 0) is 26.3 Å². The smallest absolute Gasteiger partial charge is 0.0587 e. The van der Waals surface area contributed by atoms with Crippen molar-refractivity contribution in [1.82, 2.24) is 10.2 Å². The minimum absolute atomic E-state index is 0.675. The van der Waals surface area contributed by atoms with Gasteiger partial charge < -0.3 is 15.0 Å². The molecule has 0 aliphatic rings. The van der Waals surface area contributed by atoms with E-state index in [1.54, 1.807) is 7.11 Å². The summed E-state index contributed by atoms with van der Waals surface area (Å²) in [6, 6.07) is 0.675. The molecule has 0 bridgehead atoms. The van der Waals surface area contributed by atoms with E-state index >= 15 is 0 Å². The molecule has 0 aromatic carbocycles. The Hall–Kier alpha value is -0.120. The van der Waals surface area contributed by atoms with Gasteiger partial charge >= 0.3 is 0 Å². The lowest BCUT2D eigenvalue weighted by Crippen LogP contribution is -2.36. The van der Waals surface area contributed by atoms with Crippen molar-refractivity contribution in [1.29, 1.82) is 0 Å². The van der Waals surface area contributed by atoms with Crippen molar-refractivity contribution in [3.05, 3.63) is 0 Å². The first-order chi connectivity index (χ1) is 7.07. The third-order valence-electron chi connectivity index (χ3n) is 2.69. The van der Waals surface area contributed by atoms with Crippen molar-refractivity contribution >= 4 is 0 Å². The molecule has 0 saturated carbocycles. The summed E-state index contributed by atoms with van der Waals surface area (Å²) in [4.78, 5) is 2.42. The fraction of sp³-hybridized carbons (Fsp3) is 1.00. The van der Waals surface area contributed by atoms with Gasteiger partial charge in [0, 0.05) is 32.8 Å². The Labute approximate surface area is 95.2 Å². The number of nitrogens with zero attached hydrogens (tertiary/aromatic N) is 1. The Morgan fingerprint density at radius 1 is 1.20 bits per heavy atom. The molecule has 1 atom stereocenters. The number of methoxy groups -OCH3 is 1. The zero-order valence-electron chi connectivity index (χ0n) is 11.0. The zero-order chi connectivity index (χ0) is 11.7. The van der Waals surface area contributed by atoms with Gasteiger partial charge in [-0.25, -0.2) is 0 Å². The van der Waals surface area contributed by atoms with E-state index in [-0.39, 0.29) is 0 Å². The molecule has 15 heavy (non-hydrogen) atoms. The summed E-state index contributed by atoms with van der Waals surface area (Å²) in [5.74, 6) is 0.781. The summed E-state index contributed by atoms with van der Waals surface area (Å²) < 4.78 is 4.97. The Bertz CT molecular complexity index is 140. The molecule has 1 unspecified atom stereocenters. The highest BCUT2D eigenvalue weighted by Crippen LogP contribution is 2.08. The standard InChI is InChI=1S/C12H28N2O/c1-11(2)10-12(3)14(4)8-6-13-7-9-15-5/h11-13H,6-10H2,1-5H3. The van der Waals surface area contributed by atoms with Crippen LogP contribution in [-0.2, 0) is 4.74 Å². The van der Waals surface area contributed by atoms with Crippen molar-refractivity contribution in [2.75, 3.05) is 40.4 Å². The molecule has 0 spiro atoms. The molecule has 0 saturated heterocycles. The number of nitrogens with one attached hydrogen (secondary N) is 1. The SMILES string of the molecule is COCCNCCN(C)C(C)CC(C)C. The van der Waals surface area contributed by atoms with E-state index in [2.05, 4.69) is 38.0 Å². The minimum atomic E-state index is 0.675. The molecular weight excluding hydrogens is 188 g/mol. The van der Waals surface area contributed by atoms with Gasteiger partial charge in [-0.15, -0.1) is 0 Å². The molecule has 0 radical (unpaired) electrons. The summed E-state index contributed by atoms with van der Waals surface area (Å²) in [5, 5.41) is 3.36. The predicted molar refractivity (Wildman–Crippen MR) is 66.3 cm³/mol. The van der Waals surface area contributed by atoms with Crippen molar-refractivity contribution in [2.45, 2.75) is 33.2 Å². The molecule has 0 aromatic rings. The normalized spacial score (nSPS) is 13.8. The first-order valence-corrected chi connectivity index (χ1v) is 5.97. The van der Waals surface area contributed by atoms with Crippen LogP contribution in [0.3, 0.4) is 0 Å². The molecule has 0 fully saturated rings. The summed E-state index contributed by atoms with van der Waals surface area (Å²) in [5.41, 5.74) is 0. The quantitative estimate of drug-likeness (QED) is 0.592. The second-order valence-electron chi connectivity index (χ2n) is 4.70. The molecular formula is C12H28N2O. The van der Waals surface area contributed by atoms with Gasteiger partial charge in [-0.1, -0.05) is 13.8 Å². The van der Waals surface area contributed by atoms with E-state index in [0.717, 1.165) is 32.2 Å². The Morgan fingerprint density at radius 2 is 1.87 bits per heavy atom. The topological polar surface area (TPSA) is 24.5 Å². The fourth-order valence-electron chi connectivity index (χ4n) is 1.64. The van der Waals surface area contributed by atoms with Crippen LogP contribution in [0.2, 0.25) is 0 Å². The monoisotopic (exact) mass is 216 g/mol. The van der Waals surface area contributed by atoms with Gasteiger partial charge in [0.2, 0.25) is 0 Å². The minimum Gasteiger partial charge on any atom is -0.383 e. The third kappa shape index (κ3) is 8.85. The number of ether oxygens (including phenoxy) is 1. The molecule has 0 rings (SSSR count). The van der Waals surface area contributed by atoms with Gasteiger partial charge in [-0.2, -0.15) is 0 Å². The van der Waals surface area contributed by atoms with Crippen LogP contribution in [0.25, 0.3) is 0 Å². The Morgan fingerprint density at radius 3 is 2.40 bits per heavy atom. The summed E-state index contributed by atoms with van der Waals surface area (Å²) in [6.45, 7) is 10.8.